The summed E-state index contributed by atoms with van der Waals surface area (Å²) in [6, 6.07) is 17.2. The smallest absolute Gasteiger partial charge is 0.255 e. The van der Waals surface area contributed by atoms with Crippen LogP contribution in [0, 0.1) is 0 Å². The summed E-state index contributed by atoms with van der Waals surface area (Å²) < 4.78 is 0. The zero-order valence-electron chi connectivity index (χ0n) is 10.7. The lowest BCUT2D eigenvalue weighted by atomic mass is 9.97. The number of hydrogen-bond donors (Lipinski definition) is 1. The first-order valence-corrected chi connectivity index (χ1v) is 6.14. The average molecular weight is 239 g/mol. The Morgan fingerprint density at radius 2 is 1.56 bits per heavy atom. The van der Waals surface area contributed by atoms with E-state index in [0.29, 0.717) is 5.92 Å². The van der Waals surface area contributed by atoms with Gasteiger partial charge in [0.25, 0.3) is 5.91 Å². The Morgan fingerprint density at radius 3 is 2.22 bits per heavy atom. The molecule has 0 unspecified atom stereocenters. The predicted molar refractivity (Wildman–Crippen MR) is 74.9 cm³/mol. The summed E-state index contributed by atoms with van der Waals surface area (Å²) in [5, 5.41) is 2.91. The van der Waals surface area contributed by atoms with Crippen molar-refractivity contribution < 1.29 is 4.79 Å². The summed E-state index contributed by atoms with van der Waals surface area (Å²) >= 11 is 0. The highest BCUT2D eigenvalue weighted by Crippen LogP contribution is 2.20. The lowest BCUT2D eigenvalue weighted by molar-refractivity contribution is 0.102. The highest BCUT2D eigenvalue weighted by molar-refractivity contribution is 6.05. The van der Waals surface area contributed by atoms with Crippen LogP contribution in [0.4, 0.5) is 5.69 Å². The molecule has 0 atom stereocenters. The van der Waals surface area contributed by atoms with Gasteiger partial charge in [0.1, 0.15) is 0 Å². The van der Waals surface area contributed by atoms with Gasteiger partial charge < -0.3 is 5.32 Å². The number of para-hydroxylation sites is 1. The molecule has 18 heavy (non-hydrogen) atoms. The highest BCUT2D eigenvalue weighted by Gasteiger charge is 2.12. The van der Waals surface area contributed by atoms with E-state index in [9.17, 15) is 4.79 Å². The zero-order chi connectivity index (χ0) is 13.0. The van der Waals surface area contributed by atoms with Crippen LogP contribution < -0.4 is 5.32 Å². The van der Waals surface area contributed by atoms with Crippen LogP contribution in [0.25, 0.3) is 0 Å². The molecule has 0 fully saturated rings. The van der Waals surface area contributed by atoms with E-state index < -0.39 is 0 Å². The quantitative estimate of drug-likeness (QED) is 0.859. The highest BCUT2D eigenvalue weighted by atomic mass is 16.1. The van der Waals surface area contributed by atoms with Gasteiger partial charge in [-0.25, -0.2) is 0 Å². The molecule has 0 saturated heterocycles. The van der Waals surface area contributed by atoms with Gasteiger partial charge in [0.05, 0.1) is 0 Å². The molecule has 0 aromatic heterocycles. The second-order valence-corrected chi connectivity index (χ2v) is 4.56. The first-order chi connectivity index (χ1) is 8.68. The Bertz CT molecular complexity index is 532. The monoisotopic (exact) mass is 239 g/mol. The van der Waals surface area contributed by atoms with Crippen molar-refractivity contribution in [1.82, 2.24) is 0 Å². The number of nitrogens with one attached hydrogen (secondary N) is 1. The van der Waals surface area contributed by atoms with Gasteiger partial charge in [0.15, 0.2) is 0 Å². The second-order valence-electron chi connectivity index (χ2n) is 4.56. The first kappa shape index (κ1) is 12.4. The molecule has 0 spiro atoms. The molecule has 2 nitrogen and oxygen atoms in total. The predicted octanol–water partition coefficient (Wildman–Crippen LogP) is 4.06. The summed E-state index contributed by atoms with van der Waals surface area (Å²) in [6.45, 7) is 4.18. The molecule has 0 aliphatic carbocycles. The normalized spacial score (nSPS) is 10.4. The van der Waals surface area contributed by atoms with Crippen molar-refractivity contribution in [3.63, 3.8) is 0 Å². The largest absolute Gasteiger partial charge is 0.322 e. The summed E-state index contributed by atoms with van der Waals surface area (Å²) in [7, 11) is 0. The fraction of sp³-hybridized carbons (Fsp3) is 0.188. The number of rotatable bonds is 3. The third-order valence-corrected chi connectivity index (χ3v) is 2.86. The van der Waals surface area contributed by atoms with Crippen molar-refractivity contribution in [3.05, 3.63) is 65.7 Å². The fourth-order valence-electron chi connectivity index (χ4n) is 1.93. The number of carbonyl (C=O) groups is 1. The van der Waals surface area contributed by atoms with Crippen molar-refractivity contribution in [3.8, 4) is 0 Å². The second kappa shape index (κ2) is 5.50. The van der Waals surface area contributed by atoms with Gasteiger partial charge in [0, 0.05) is 11.3 Å². The Balaban J connectivity index is 2.24. The van der Waals surface area contributed by atoms with Crippen LogP contribution in [0.1, 0.15) is 35.7 Å². The molecule has 1 N–H and O–H groups in total. The summed E-state index contributed by atoms with van der Waals surface area (Å²) in [4.78, 5) is 12.2. The van der Waals surface area contributed by atoms with E-state index in [2.05, 4.69) is 19.2 Å². The van der Waals surface area contributed by atoms with Gasteiger partial charge in [-0.05, 0) is 29.7 Å². The Hall–Kier alpha value is -2.09. The van der Waals surface area contributed by atoms with Crippen molar-refractivity contribution in [1.29, 1.82) is 0 Å². The Labute approximate surface area is 108 Å². The maximum absolute atomic E-state index is 12.2. The van der Waals surface area contributed by atoms with Gasteiger partial charge in [-0.1, -0.05) is 50.2 Å². The van der Waals surface area contributed by atoms with Crippen LogP contribution >= 0.6 is 0 Å². The summed E-state index contributed by atoms with van der Waals surface area (Å²) in [5.74, 6) is 0.285. The molecule has 0 aliphatic heterocycles. The minimum Gasteiger partial charge on any atom is -0.322 e. The number of hydrogen-bond acceptors (Lipinski definition) is 1. The maximum Gasteiger partial charge on any atom is 0.255 e. The van der Waals surface area contributed by atoms with Gasteiger partial charge in [0.2, 0.25) is 0 Å². The van der Waals surface area contributed by atoms with E-state index in [1.54, 1.807) is 0 Å². The van der Waals surface area contributed by atoms with E-state index in [0.717, 1.165) is 16.8 Å². The van der Waals surface area contributed by atoms with Crippen LogP contribution in [0.2, 0.25) is 0 Å². The molecule has 2 aromatic carbocycles. The van der Waals surface area contributed by atoms with Crippen LogP contribution in [0.15, 0.2) is 54.6 Å². The molecule has 0 saturated carbocycles. The first-order valence-electron chi connectivity index (χ1n) is 6.14. The molecule has 2 heteroatoms. The Kier molecular flexibility index (Phi) is 3.78. The van der Waals surface area contributed by atoms with Crippen LogP contribution in [0.5, 0.6) is 0 Å². The number of carbonyl (C=O) groups excluding carboxylic acids is 1. The van der Waals surface area contributed by atoms with E-state index in [1.807, 2.05) is 54.6 Å². The van der Waals surface area contributed by atoms with Crippen molar-refractivity contribution >= 4 is 11.6 Å². The van der Waals surface area contributed by atoms with Gasteiger partial charge in [-0.15, -0.1) is 0 Å². The van der Waals surface area contributed by atoms with Crippen molar-refractivity contribution in [2.24, 2.45) is 0 Å². The summed E-state index contributed by atoms with van der Waals surface area (Å²) in [6.07, 6.45) is 0. The Morgan fingerprint density at radius 1 is 0.944 bits per heavy atom. The van der Waals surface area contributed by atoms with Crippen LogP contribution in [-0.2, 0) is 0 Å². The molecule has 2 aromatic rings. The number of amides is 1. The van der Waals surface area contributed by atoms with Crippen LogP contribution in [0.3, 0.4) is 0 Å². The molecule has 0 radical (unpaired) electrons. The average Bonchev–Trinajstić information content (AvgIpc) is 2.40. The van der Waals surface area contributed by atoms with E-state index in [4.69, 9.17) is 0 Å². The SMILES string of the molecule is CC(C)c1ccccc1C(=O)Nc1ccccc1. The molecule has 1 amide bonds. The molecule has 0 heterocycles. The van der Waals surface area contributed by atoms with Crippen molar-refractivity contribution in [2.45, 2.75) is 19.8 Å². The molecular formula is C16H17NO. The molecule has 0 bridgehead atoms. The molecule has 2 rings (SSSR count). The minimum atomic E-state index is -0.0505. The third-order valence-electron chi connectivity index (χ3n) is 2.86. The number of anilines is 1. The fourth-order valence-corrected chi connectivity index (χ4v) is 1.93. The van der Waals surface area contributed by atoms with E-state index >= 15 is 0 Å². The van der Waals surface area contributed by atoms with Gasteiger partial charge in [-0.2, -0.15) is 0 Å². The minimum absolute atomic E-state index is 0.0505. The van der Waals surface area contributed by atoms with Crippen LogP contribution in [-0.4, -0.2) is 5.91 Å². The molecule has 92 valence electrons. The zero-order valence-corrected chi connectivity index (χ0v) is 10.7. The van der Waals surface area contributed by atoms with Gasteiger partial charge in [-0.3, -0.25) is 4.79 Å². The number of benzene rings is 2. The van der Waals surface area contributed by atoms with Crippen molar-refractivity contribution in [2.75, 3.05) is 5.32 Å². The molecular weight excluding hydrogens is 222 g/mol. The third kappa shape index (κ3) is 2.77. The van der Waals surface area contributed by atoms with Gasteiger partial charge >= 0.3 is 0 Å². The topological polar surface area (TPSA) is 29.1 Å². The lowest BCUT2D eigenvalue weighted by Crippen LogP contribution is -2.14. The van der Waals surface area contributed by atoms with E-state index in [1.165, 1.54) is 0 Å². The molecule has 0 aliphatic rings. The maximum atomic E-state index is 12.2. The summed E-state index contributed by atoms with van der Waals surface area (Å²) in [5.41, 5.74) is 2.64. The standard InChI is InChI=1S/C16H17NO/c1-12(2)14-10-6-7-11-15(14)16(18)17-13-8-4-3-5-9-13/h3-12H,1-2H3,(H,17,18). The van der Waals surface area contributed by atoms with E-state index in [-0.39, 0.29) is 5.91 Å². The lowest BCUT2D eigenvalue weighted by Gasteiger charge is -2.12.